The first-order valence-electron chi connectivity index (χ1n) is 5.96. The lowest BCUT2D eigenvalue weighted by molar-refractivity contribution is -0.671. The third-order valence-electron chi connectivity index (χ3n) is 1.19. The fraction of sp³-hybridized carbons (Fsp3) is 0.375. The molecule has 0 N–H and O–H groups in total. The summed E-state index contributed by atoms with van der Waals surface area (Å²) in [5.41, 5.74) is 0. The number of hydrogen-bond acceptors (Lipinski definition) is 0. The predicted molar refractivity (Wildman–Crippen MR) is 73.1 cm³/mol. The zero-order valence-electron chi connectivity index (χ0n) is 13.0. The van der Waals surface area contributed by atoms with Gasteiger partial charge in [0.05, 0.1) is 13.6 Å². The van der Waals surface area contributed by atoms with Gasteiger partial charge >= 0.3 is 21.8 Å². The second-order valence-electron chi connectivity index (χ2n) is 3.39. The Labute approximate surface area is 136 Å². The zero-order chi connectivity index (χ0) is 21.5. The summed E-state index contributed by atoms with van der Waals surface area (Å²) < 4.78 is 121. The average Bonchev–Trinajstić information content (AvgIpc) is 2.71. The van der Waals surface area contributed by atoms with Gasteiger partial charge in [0, 0.05) is 0 Å². The van der Waals surface area contributed by atoms with E-state index >= 15 is 0 Å². The van der Waals surface area contributed by atoms with Crippen LogP contribution in [0.1, 0.15) is 6.92 Å². The zero-order valence-corrected chi connectivity index (χ0v) is 13.0. The smallest absolute Gasteiger partial charge is 0.418 e. The molecule has 25 heavy (non-hydrogen) atoms. The Morgan fingerprint density at radius 2 is 1.00 bits per heavy atom. The van der Waals surface area contributed by atoms with Gasteiger partial charge in [-0.2, -0.15) is 0 Å². The monoisotopic (exact) mass is 400 g/mol. The number of rotatable bonds is 1. The maximum atomic E-state index is 9.75. The van der Waals surface area contributed by atoms with E-state index in [-0.39, 0.29) is 0 Å². The summed E-state index contributed by atoms with van der Waals surface area (Å²) in [5, 5.41) is 0. The lowest BCUT2D eigenvalue weighted by atomic mass is 10.3. The van der Waals surface area contributed by atoms with Crippen LogP contribution in [0.2, 0.25) is 0 Å². The van der Waals surface area contributed by atoms with Gasteiger partial charge in [0.1, 0.15) is 12.4 Å². The molecule has 0 fully saturated rings. The van der Waals surface area contributed by atoms with Gasteiger partial charge in [0.2, 0.25) is 6.33 Å². The molecule has 0 saturated carbocycles. The van der Waals surface area contributed by atoms with Gasteiger partial charge in [-0.15, -0.1) is 13.2 Å². The first-order chi connectivity index (χ1) is 10.8. The van der Waals surface area contributed by atoms with Crippen LogP contribution in [0, 0.1) is 0 Å². The summed E-state index contributed by atoms with van der Waals surface area (Å²) in [4.78, 5) is 0. The Hall–Kier alpha value is -1.70. The number of aryl methyl sites for hydroxylation is 2. The van der Waals surface area contributed by atoms with Gasteiger partial charge in [0.25, 0.3) is 0 Å². The quantitative estimate of drug-likeness (QED) is 0.271. The Morgan fingerprint density at radius 3 is 1.08 bits per heavy atom. The highest BCUT2D eigenvalue weighted by Crippen LogP contribution is 2.07. The molecule has 0 aliphatic heterocycles. The van der Waals surface area contributed by atoms with E-state index in [9.17, 15) is 51.8 Å². The molecule has 1 aromatic rings. The number of aromatic nitrogens is 2. The molecular formula is C8H15B3F12N2-2. The first-order valence-corrected chi connectivity index (χ1v) is 5.96. The molecule has 0 unspecified atom stereocenters. The summed E-state index contributed by atoms with van der Waals surface area (Å²) in [5.74, 6) is 0. The van der Waals surface area contributed by atoms with E-state index in [1.807, 2.05) is 17.8 Å². The molecule has 0 saturated heterocycles. The van der Waals surface area contributed by atoms with Crippen molar-refractivity contribution in [3.8, 4) is 0 Å². The highest BCUT2D eigenvalue weighted by molar-refractivity contribution is 6.50. The third kappa shape index (κ3) is 106. The van der Waals surface area contributed by atoms with Gasteiger partial charge in [-0.05, 0) is 6.92 Å². The van der Waals surface area contributed by atoms with Crippen LogP contribution in [0.3, 0.4) is 0 Å². The molecule has 0 atom stereocenters. The lowest BCUT2D eigenvalue weighted by Gasteiger charge is -1.94. The van der Waals surface area contributed by atoms with Crippen molar-refractivity contribution in [1.29, 1.82) is 0 Å². The van der Waals surface area contributed by atoms with Crippen LogP contribution in [-0.4, -0.2) is 26.3 Å². The van der Waals surface area contributed by atoms with Crippen molar-refractivity contribution < 1.29 is 56.4 Å². The van der Waals surface area contributed by atoms with Crippen molar-refractivity contribution in [3.05, 3.63) is 31.9 Å². The minimum Gasteiger partial charge on any atom is -0.418 e. The summed E-state index contributed by atoms with van der Waals surface area (Å²) in [6, 6.07) is 0. The van der Waals surface area contributed by atoms with Crippen LogP contribution in [0.25, 0.3) is 0 Å². The fourth-order valence-corrected chi connectivity index (χ4v) is 0.689. The maximum absolute atomic E-state index is 9.75. The van der Waals surface area contributed by atoms with E-state index in [0.29, 0.717) is 0 Å². The third-order valence-corrected chi connectivity index (χ3v) is 1.19. The minimum atomic E-state index is -6.00. The van der Waals surface area contributed by atoms with E-state index in [4.69, 9.17) is 0 Å². The highest BCUT2D eigenvalue weighted by atomic mass is 19.5. The van der Waals surface area contributed by atoms with Crippen LogP contribution < -0.4 is 4.57 Å². The van der Waals surface area contributed by atoms with Crippen molar-refractivity contribution in [2.45, 2.75) is 13.5 Å². The van der Waals surface area contributed by atoms with E-state index in [1.165, 1.54) is 0 Å². The largest absolute Gasteiger partial charge is 0.673 e. The molecule has 2 nitrogen and oxygen atoms in total. The molecule has 0 aliphatic carbocycles. The molecule has 0 radical (unpaired) electrons. The van der Waals surface area contributed by atoms with Crippen LogP contribution in [-0.2, 0) is 13.6 Å². The molecule has 0 aromatic carbocycles. The van der Waals surface area contributed by atoms with Crippen LogP contribution in [0.15, 0.2) is 31.9 Å². The van der Waals surface area contributed by atoms with Gasteiger partial charge in [-0.25, -0.2) is 9.13 Å². The Bertz CT molecular complexity index is 367. The van der Waals surface area contributed by atoms with Gasteiger partial charge in [0.15, 0.2) is 0 Å². The number of nitrogens with zero attached hydrogens (tertiary/aromatic N) is 2. The average molecular weight is 400 g/mol. The van der Waals surface area contributed by atoms with Crippen molar-refractivity contribution in [2.75, 3.05) is 0 Å². The molecule has 0 bridgehead atoms. The second-order valence-corrected chi connectivity index (χ2v) is 3.39. The molecule has 0 amide bonds. The Morgan fingerprint density at radius 1 is 0.760 bits per heavy atom. The van der Waals surface area contributed by atoms with Crippen molar-refractivity contribution in [2.24, 2.45) is 7.05 Å². The Balaban J connectivity index is -0.000000117. The molecular weight excluding hydrogens is 385 g/mol. The molecule has 0 spiro atoms. The maximum Gasteiger partial charge on any atom is 0.673 e. The highest BCUT2D eigenvalue weighted by Gasteiger charge is 2.21. The topological polar surface area (TPSA) is 8.81 Å². The number of hydrogen-bond donors (Lipinski definition) is 0. The van der Waals surface area contributed by atoms with Crippen LogP contribution in [0.5, 0.6) is 0 Å². The molecule has 1 heterocycles. The summed E-state index contributed by atoms with van der Waals surface area (Å²) >= 11 is 0. The van der Waals surface area contributed by atoms with E-state index in [1.54, 1.807) is 0 Å². The van der Waals surface area contributed by atoms with Gasteiger partial charge < -0.3 is 51.8 Å². The second kappa shape index (κ2) is 14.6. The van der Waals surface area contributed by atoms with Crippen molar-refractivity contribution in [1.82, 2.24) is 4.57 Å². The number of halogens is 12. The van der Waals surface area contributed by atoms with Crippen molar-refractivity contribution in [3.63, 3.8) is 0 Å². The Kier molecular flexibility index (Phi) is 18.2. The van der Waals surface area contributed by atoms with Gasteiger partial charge in [-0.1, -0.05) is 0 Å². The summed E-state index contributed by atoms with van der Waals surface area (Å²) in [6.45, 7) is 9.18. The SMILES string of the molecule is C=C.CCn1cc[n+](C)c1.F[B-](F)(F)F.F[B-](F)(F)F.F[B-](F)(F)F. The van der Waals surface area contributed by atoms with E-state index in [2.05, 4.69) is 37.2 Å². The fourth-order valence-electron chi connectivity index (χ4n) is 0.689. The predicted octanol–water partition coefficient (Wildman–Crippen LogP) is 5.03. The summed E-state index contributed by atoms with van der Waals surface area (Å²) in [7, 11) is -16.0. The normalized spacial score (nSPS) is 10.5. The van der Waals surface area contributed by atoms with Crippen LogP contribution in [0.4, 0.5) is 51.8 Å². The number of imidazole rings is 1. The van der Waals surface area contributed by atoms with Crippen molar-refractivity contribution >= 4 is 21.8 Å². The standard InChI is InChI=1S/C6H11N2.C2H4.3BF4/c1-3-8-5-4-7(2)6-8;1-2;3*2-1(3,4)5/h4-6H,3H2,1-2H3;1-2H2;;;/q+1;;3*-1. The van der Waals surface area contributed by atoms with E-state index in [0.717, 1.165) is 6.54 Å². The van der Waals surface area contributed by atoms with Crippen LogP contribution >= 0.6 is 0 Å². The molecule has 152 valence electrons. The molecule has 17 heteroatoms. The first kappa shape index (κ1) is 31.1. The minimum absolute atomic E-state index is 1.06. The summed E-state index contributed by atoms with van der Waals surface area (Å²) in [6.07, 6.45) is 6.14. The van der Waals surface area contributed by atoms with Gasteiger partial charge in [-0.3, -0.25) is 0 Å². The van der Waals surface area contributed by atoms with E-state index < -0.39 is 21.8 Å². The molecule has 1 rings (SSSR count). The molecule has 0 aliphatic rings. The molecule has 1 aromatic heterocycles. The lowest BCUT2D eigenvalue weighted by Crippen LogP contribution is -2.23.